The van der Waals surface area contributed by atoms with E-state index in [4.69, 9.17) is 23.2 Å². The molecule has 6 heteroatoms. The quantitative estimate of drug-likeness (QED) is 0.876. The molecule has 0 aliphatic rings. The highest BCUT2D eigenvalue weighted by atomic mass is 79.9. The molecular formula is C13H12BrCl2N3. The Morgan fingerprint density at radius 1 is 1.21 bits per heavy atom. The van der Waals surface area contributed by atoms with Gasteiger partial charge in [0.2, 0.25) is 0 Å². The second kappa shape index (κ2) is 6.07. The fourth-order valence-corrected chi connectivity index (χ4v) is 2.39. The number of aromatic nitrogens is 2. The molecule has 0 aliphatic heterocycles. The molecular weight excluding hydrogens is 349 g/mol. The summed E-state index contributed by atoms with van der Waals surface area (Å²) in [6.07, 6.45) is 0.611. The van der Waals surface area contributed by atoms with Crippen molar-refractivity contribution in [2.24, 2.45) is 0 Å². The zero-order chi connectivity index (χ0) is 14.0. The molecule has 0 spiro atoms. The summed E-state index contributed by atoms with van der Waals surface area (Å²) in [7, 11) is 1.83. The second-order valence-electron chi connectivity index (χ2n) is 4.06. The highest BCUT2D eigenvalue weighted by Crippen LogP contribution is 2.25. The molecule has 0 amide bonds. The summed E-state index contributed by atoms with van der Waals surface area (Å²) in [5, 5.41) is 4.13. The van der Waals surface area contributed by atoms with E-state index in [1.54, 1.807) is 6.07 Å². The van der Waals surface area contributed by atoms with Crippen LogP contribution in [0.4, 0.5) is 5.82 Å². The molecule has 0 fully saturated rings. The molecule has 0 aliphatic carbocycles. The van der Waals surface area contributed by atoms with Crippen LogP contribution < -0.4 is 5.32 Å². The van der Waals surface area contributed by atoms with Crippen molar-refractivity contribution in [2.45, 2.75) is 13.3 Å². The predicted octanol–water partition coefficient (Wildman–Crippen LogP) is 4.49. The van der Waals surface area contributed by atoms with Gasteiger partial charge in [-0.25, -0.2) is 9.97 Å². The average Bonchev–Trinajstić information content (AvgIpc) is 2.38. The Labute approximate surface area is 130 Å². The molecule has 1 N–H and O–H groups in total. The normalized spacial score (nSPS) is 10.6. The maximum Gasteiger partial charge on any atom is 0.144 e. The number of aryl methyl sites for hydroxylation is 1. The largest absolute Gasteiger partial charge is 0.372 e. The second-order valence-corrected chi connectivity index (χ2v) is 5.67. The van der Waals surface area contributed by atoms with Crippen LogP contribution in [0.5, 0.6) is 0 Å². The van der Waals surface area contributed by atoms with Crippen molar-refractivity contribution in [3.05, 3.63) is 49.8 Å². The Balaban J connectivity index is 2.32. The fourth-order valence-electron chi connectivity index (χ4n) is 1.69. The van der Waals surface area contributed by atoms with Crippen molar-refractivity contribution < 1.29 is 0 Å². The summed E-state index contributed by atoms with van der Waals surface area (Å²) < 4.78 is 0.882. The SMILES string of the molecule is CNc1nc(Cc2ccc(Cl)c(Cl)c2)nc(C)c1Br. The third-order valence-corrected chi connectivity index (χ3v) is 4.33. The lowest BCUT2D eigenvalue weighted by molar-refractivity contribution is 0.936. The average molecular weight is 361 g/mol. The van der Waals surface area contributed by atoms with Gasteiger partial charge in [0.15, 0.2) is 0 Å². The van der Waals surface area contributed by atoms with Gasteiger partial charge >= 0.3 is 0 Å². The van der Waals surface area contributed by atoms with Crippen LogP contribution in [0.15, 0.2) is 22.7 Å². The van der Waals surface area contributed by atoms with Crippen molar-refractivity contribution in [2.75, 3.05) is 12.4 Å². The van der Waals surface area contributed by atoms with Crippen LogP contribution in [0.1, 0.15) is 17.1 Å². The van der Waals surface area contributed by atoms with Gasteiger partial charge in [0.05, 0.1) is 20.2 Å². The van der Waals surface area contributed by atoms with Crippen molar-refractivity contribution in [3.8, 4) is 0 Å². The molecule has 0 radical (unpaired) electrons. The molecule has 19 heavy (non-hydrogen) atoms. The van der Waals surface area contributed by atoms with E-state index in [0.717, 1.165) is 27.4 Å². The Bertz CT molecular complexity index is 617. The molecule has 0 unspecified atom stereocenters. The minimum Gasteiger partial charge on any atom is -0.372 e. The summed E-state index contributed by atoms with van der Waals surface area (Å²) in [5.41, 5.74) is 1.92. The van der Waals surface area contributed by atoms with Crippen molar-refractivity contribution in [1.82, 2.24) is 9.97 Å². The monoisotopic (exact) mass is 359 g/mol. The number of nitrogens with one attached hydrogen (secondary N) is 1. The molecule has 0 bridgehead atoms. The highest BCUT2D eigenvalue weighted by molar-refractivity contribution is 9.10. The first-order valence-electron chi connectivity index (χ1n) is 5.66. The van der Waals surface area contributed by atoms with E-state index in [1.165, 1.54) is 0 Å². The minimum atomic E-state index is 0.543. The number of nitrogens with zero attached hydrogens (tertiary/aromatic N) is 2. The van der Waals surface area contributed by atoms with Gasteiger partial charge in [-0.1, -0.05) is 29.3 Å². The maximum atomic E-state index is 6.00. The lowest BCUT2D eigenvalue weighted by atomic mass is 10.1. The van der Waals surface area contributed by atoms with Gasteiger partial charge in [-0.2, -0.15) is 0 Å². The maximum absolute atomic E-state index is 6.00. The molecule has 0 saturated heterocycles. The molecule has 0 saturated carbocycles. The first kappa shape index (κ1) is 14.6. The van der Waals surface area contributed by atoms with Gasteiger partial charge in [0.25, 0.3) is 0 Å². The number of rotatable bonds is 3. The van der Waals surface area contributed by atoms with E-state index >= 15 is 0 Å². The molecule has 100 valence electrons. The zero-order valence-electron chi connectivity index (χ0n) is 10.5. The summed E-state index contributed by atoms with van der Waals surface area (Å²) in [6.45, 7) is 1.94. The van der Waals surface area contributed by atoms with Crippen LogP contribution in [0.3, 0.4) is 0 Å². The van der Waals surface area contributed by atoms with Crippen LogP contribution in [0.2, 0.25) is 10.0 Å². The van der Waals surface area contributed by atoms with Crippen molar-refractivity contribution in [3.63, 3.8) is 0 Å². The molecule has 2 rings (SSSR count). The molecule has 3 nitrogen and oxygen atoms in total. The zero-order valence-corrected chi connectivity index (χ0v) is 13.6. The van der Waals surface area contributed by atoms with Gasteiger partial charge in [-0.15, -0.1) is 0 Å². The molecule has 0 atom stereocenters. The van der Waals surface area contributed by atoms with E-state index in [-0.39, 0.29) is 0 Å². The fraction of sp³-hybridized carbons (Fsp3) is 0.231. The van der Waals surface area contributed by atoms with Crippen LogP contribution in [0.25, 0.3) is 0 Å². The Morgan fingerprint density at radius 3 is 2.58 bits per heavy atom. The highest BCUT2D eigenvalue weighted by Gasteiger charge is 2.09. The van der Waals surface area contributed by atoms with Crippen molar-refractivity contribution >= 4 is 44.9 Å². The topological polar surface area (TPSA) is 37.8 Å². The Hall–Kier alpha value is -0.840. The Morgan fingerprint density at radius 2 is 1.95 bits per heavy atom. The van der Waals surface area contributed by atoms with E-state index in [0.29, 0.717) is 16.5 Å². The molecule has 1 aromatic carbocycles. The van der Waals surface area contributed by atoms with E-state index in [2.05, 4.69) is 31.2 Å². The predicted molar refractivity (Wildman–Crippen MR) is 83.3 cm³/mol. The van der Waals surface area contributed by atoms with Gasteiger partial charge < -0.3 is 5.32 Å². The molecule has 1 heterocycles. The number of halogens is 3. The minimum absolute atomic E-state index is 0.543. The first-order valence-corrected chi connectivity index (χ1v) is 7.21. The van der Waals surface area contributed by atoms with Gasteiger partial charge in [-0.05, 0) is 40.5 Å². The number of benzene rings is 1. The summed E-state index contributed by atoms with van der Waals surface area (Å²) in [4.78, 5) is 8.91. The van der Waals surface area contributed by atoms with Gasteiger partial charge in [0, 0.05) is 13.5 Å². The smallest absolute Gasteiger partial charge is 0.144 e. The lowest BCUT2D eigenvalue weighted by Gasteiger charge is -2.09. The summed E-state index contributed by atoms with van der Waals surface area (Å²) >= 11 is 15.4. The van der Waals surface area contributed by atoms with Crippen molar-refractivity contribution in [1.29, 1.82) is 0 Å². The van der Waals surface area contributed by atoms with Crippen LogP contribution in [-0.4, -0.2) is 17.0 Å². The Kier molecular flexibility index (Phi) is 4.66. The van der Waals surface area contributed by atoms with Crippen LogP contribution in [0, 0.1) is 6.92 Å². The molecule has 1 aromatic heterocycles. The standard InChI is InChI=1S/C13H12BrCl2N3/c1-7-12(14)13(17-2)19-11(18-7)6-8-3-4-9(15)10(16)5-8/h3-5H,6H2,1-2H3,(H,17,18,19). The molecule has 2 aromatic rings. The number of anilines is 1. The van der Waals surface area contributed by atoms with E-state index in [9.17, 15) is 0 Å². The number of hydrogen-bond donors (Lipinski definition) is 1. The van der Waals surface area contributed by atoms with E-state index < -0.39 is 0 Å². The lowest BCUT2D eigenvalue weighted by Crippen LogP contribution is -2.04. The van der Waals surface area contributed by atoms with E-state index in [1.807, 2.05) is 26.1 Å². The van der Waals surface area contributed by atoms with Gasteiger partial charge in [0.1, 0.15) is 11.6 Å². The number of hydrogen-bond acceptors (Lipinski definition) is 3. The van der Waals surface area contributed by atoms with Crippen LogP contribution >= 0.6 is 39.1 Å². The third kappa shape index (κ3) is 3.38. The third-order valence-electron chi connectivity index (χ3n) is 2.65. The first-order chi connectivity index (χ1) is 9.01. The summed E-state index contributed by atoms with van der Waals surface area (Å²) in [6, 6.07) is 5.54. The van der Waals surface area contributed by atoms with Crippen LogP contribution in [-0.2, 0) is 6.42 Å². The van der Waals surface area contributed by atoms with Gasteiger partial charge in [-0.3, -0.25) is 0 Å². The summed E-state index contributed by atoms with van der Waals surface area (Å²) in [5.74, 6) is 1.52.